The minimum atomic E-state index is -0.258. The van der Waals surface area contributed by atoms with Gasteiger partial charge in [-0.15, -0.1) is 0 Å². The van der Waals surface area contributed by atoms with Gasteiger partial charge in [0.05, 0.1) is 18.4 Å². The van der Waals surface area contributed by atoms with Gasteiger partial charge in [0.25, 0.3) is 5.91 Å². The van der Waals surface area contributed by atoms with E-state index in [0.717, 1.165) is 18.8 Å². The van der Waals surface area contributed by atoms with Gasteiger partial charge in [0.1, 0.15) is 11.8 Å². The lowest BCUT2D eigenvalue weighted by Crippen LogP contribution is -2.42. The van der Waals surface area contributed by atoms with Gasteiger partial charge >= 0.3 is 0 Å². The molecule has 0 radical (unpaired) electrons. The SMILES string of the molecule is COCN1Cc2cc(NC(=O)c3ccc(OC(C)C)c(C#N)c3)ccc2C(C)(C)C1. The number of ether oxygens (including phenoxy) is 2. The Morgan fingerprint density at radius 1 is 1.27 bits per heavy atom. The van der Waals surface area contributed by atoms with E-state index in [1.165, 1.54) is 11.1 Å². The Morgan fingerprint density at radius 3 is 2.70 bits per heavy atom. The third kappa shape index (κ3) is 4.81. The number of nitriles is 1. The third-order valence-electron chi connectivity index (χ3n) is 5.14. The fourth-order valence-electron chi connectivity index (χ4n) is 4.00. The van der Waals surface area contributed by atoms with E-state index in [4.69, 9.17) is 9.47 Å². The summed E-state index contributed by atoms with van der Waals surface area (Å²) >= 11 is 0. The average molecular weight is 408 g/mol. The molecule has 0 saturated heterocycles. The highest BCUT2D eigenvalue weighted by Gasteiger charge is 2.31. The number of rotatable bonds is 6. The van der Waals surface area contributed by atoms with Crippen LogP contribution in [0.25, 0.3) is 0 Å². The van der Waals surface area contributed by atoms with Crippen LogP contribution in [0.5, 0.6) is 5.75 Å². The predicted octanol–water partition coefficient (Wildman–Crippen LogP) is 4.29. The van der Waals surface area contributed by atoms with E-state index in [0.29, 0.717) is 23.6 Å². The lowest BCUT2D eigenvalue weighted by Gasteiger charge is -2.39. The van der Waals surface area contributed by atoms with Crippen molar-refractivity contribution in [3.8, 4) is 11.8 Å². The van der Waals surface area contributed by atoms with Gasteiger partial charge in [-0.3, -0.25) is 9.69 Å². The number of hydrogen-bond acceptors (Lipinski definition) is 5. The highest BCUT2D eigenvalue weighted by Crippen LogP contribution is 2.34. The van der Waals surface area contributed by atoms with E-state index in [1.807, 2.05) is 26.0 Å². The Hall–Kier alpha value is -2.88. The van der Waals surface area contributed by atoms with Gasteiger partial charge in [0.2, 0.25) is 0 Å². The van der Waals surface area contributed by atoms with Crippen molar-refractivity contribution in [3.63, 3.8) is 0 Å². The second-order valence-corrected chi connectivity index (χ2v) is 8.60. The van der Waals surface area contributed by atoms with E-state index >= 15 is 0 Å². The van der Waals surface area contributed by atoms with E-state index in [2.05, 4.69) is 36.2 Å². The number of amides is 1. The molecule has 2 aromatic rings. The van der Waals surface area contributed by atoms with Crippen molar-refractivity contribution in [2.75, 3.05) is 25.7 Å². The molecule has 1 heterocycles. The highest BCUT2D eigenvalue weighted by molar-refractivity contribution is 6.04. The number of fused-ring (bicyclic) bond motifs is 1. The summed E-state index contributed by atoms with van der Waals surface area (Å²) in [5.74, 6) is 0.227. The van der Waals surface area contributed by atoms with Gasteiger partial charge in [0.15, 0.2) is 0 Å². The van der Waals surface area contributed by atoms with E-state index in [-0.39, 0.29) is 17.4 Å². The number of methoxy groups -OCH3 is 1. The molecule has 1 amide bonds. The normalized spacial score (nSPS) is 15.4. The zero-order chi connectivity index (χ0) is 21.9. The fraction of sp³-hybridized carbons (Fsp3) is 0.417. The highest BCUT2D eigenvalue weighted by atomic mass is 16.5. The molecule has 6 heteroatoms. The third-order valence-corrected chi connectivity index (χ3v) is 5.14. The molecule has 0 aromatic heterocycles. The number of carbonyl (C=O) groups is 1. The summed E-state index contributed by atoms with van der Waals surface area (Å²) in [6.45, 7) is 10.5. The molecule has 6 nitrogen and oxygen atoms in total. The van der Waals surface area contributed by atoms with Crippen LogP contribution in [0.3, 0.4) is 0 Å². The van der Waals surface area contributed by atoms with Crippen molar-refractivity contribution < 1.29 is 14.3 Å². The van der Waals surface area contributed by atoms with Crippen LogP contribution in [-0.4, -0.2) is 37.3 Å². The molecule has 1 aliphatic rings. The van der Waals surface area contributed by atoms with Crippen molar-refractivity contribution in [2.24, 2.45) is 0 Å². The molecule has 0 aliphatic carbocycles. The Bertz CT molecular complexity index is 976. The Labute approximate surface area is 178 Å². The first kappa shape index (κ1) is 21.8. The Kier molecular flexibility index (Phi) is 6.45. The summed E-state index contributed by atoms with van der Waals surface area (Å²) in [5.41, 5.74) is 3.97. The smallest absolute Gasteiger partial charge is 0.255 e. The number of anilines is 1. The monoisotopic (exact) mass is 407 g/mol. The van der Waals surface area contributed by atoms with Gasteiger partial charge < -0.3 is 14.8 Å². The van der Waals surface area contributed by atoms with E-state index < -0.39 is 0 Å². The predicted molar refractivity (Wildman–Crippen MR) is 117 cm³/mol. The summed E-state index contributed by atoms with van der Waals surface area (Å²) in [6, 6.07) is 13.1. The van der Waals surface area contributed by atoms with Crippen molar-refractivity contribution in [2.45, 2.75) is 45.8 Å². The molecule has 0 bridgehead atoms. The first-order chi connectivity index (χ1) is 14.2. The van der Waals surface area contributed by atoms with Crippen LogP contribution >= 0.6 is 0 Å². The van der Waals surface area contributed by atoms with Crippen LogP contribution in [0.1, 0.15) is 54.7 Å². The molecule has 3 rings (SSSR count). The maximum absolute atomic E-state index is 12.8. The summed E-state index contributed by atoms with van der Waals surface area (Å²) in [7, 11) is 1.70. The number of carbonyl (C=O) groups excluding carboxylic acids is 1. The lowest BCUT2D eigenvalue weighted by molar-refractivity contribution is 0.0375. The maximum Gasteiger partial charge on any atom is 0.255 e. The molecule has 0 spiro atoms. The molecular formula is C24H29N3O3. The molecule has 0 unspecified atom stereocenters. The van der Waals surface area contributed by atoms with Gasteiger partial charge in [-0.05, 0) is 55.3 Å². The zero-order valence-electron chi connectivity index (χ0n) is 18.3. The molecular weight excluding hydrogens is 378 g/mol. The first-order valence-electron chi connectivity index (χ1n) is 10.1. The second-order valence-electron chi connectivity index (χ2n) is 8.60. The van der Waals surface area contributed by atoms with Crippen molar-refractivity contribution >= 4 is 11.6 Å². The first-order valence-corrected chi connectivity index (χ1v) is 10.1. The summed E-state index contributed by atoms with van der Waals surface area (Å²) in [6.07, 6.45) is -0.0470. The lowest BCUT2D eigenvalue weighted by atomic mass is 9.78. The number of nitrogens with one attached hydrogen (secondary N) is 1. The van der Waals surface area contributed by atoms with Crippen molar-refractivity contribution in [1.29, 1.82) is 5.26 Å². The molecule has 0 atom stereocenters. The molecule has 30 heavy (non-hydrogen) atoms. The number of benzene rings is 2. The van der Waals surface area contributed by atoms with Crippen LogP contribution in [0.15, 0.2) is 36.4 Å². The average Bonchev–Trinajstić information content (AvgIpc) is 2.67. The summed E-state index contributed by atoms with van der Waals surface area (Å²) in [4.78, 5) is 15.0. The molecule has 0 saturated carbocycles. The quantitative estimate of drug-likeness (QED) is 0.773. The maximum atomic E-state index is 12.8. The molecule has 2 aromatic carbocycles. The standard InChI is InChI=1S/C24H29N3O3/c1-16(2)30-22-9-6-17(10-18(22)12-25)23(28)26-20-7-8-21-19(11-20)13-27(15-29-5)14-24(21,3)4/h6-11,16H,13-15H2,1-5H3,(H,26,28). The minimum absolute atomic E-state index is 0.00257. The van der Waals surface area contributed by atoms with Crippen LogP contribution in [0.2, 0.25) is 0 Å². The Balaban J connectivity index is 1.81. The van der Waals surface area contributed by atoms with Crippen molar-refractivity contribution in [3.05, 3.63) is 58.7 Å². The van der Waals surface area contributed by atoms with Gasteiger partial charge in [-0.1, -0.05) is 19.9 Å². The molecule has 1 N–H and O–H groups in total. The number of nitrogens with zero attached hydrogens (tertiary/aromatic N) is 2. The van der Waals surface area contributed by atoms with Gasteiger partial charge in [-0.2, -0.15) is 5.26 Å². The molecule has 0 fully saturated rings. The Morgan fingerprint density at radius 2 is 2.03 bits per heavy atom. The minimum Gasteiger partial charge on any atom is -0.490 e. The van der Waals surface area contributed by atoms with Crippen LogP contribution in [0.4, 0.5) is 5.69 Å². The van der Waals surface area contributed by atoms with Crippen LogP contribution in [-0.2, 0) is 16.7 Å². The summed E-state index contributed by atoms with van der Waals surface area (Å²) in [5, 5.41) is 12.4. The summed E-state index contributed by atoms with van der Waals surface area (Å²) < 4.78 is 10.9. The fourth-order valence-corrected chi connectivity index (χ4v) is 4.00. The molecule has 1 aliphatic heterocycles. The van der Waals surface area contributed by atoms with Crippen LogP contribution < -0.4 is 10.1 Å². The van der Waals surface area contributed by atoms with E-state index in [9.17, 15) is 10.1 Å². The molecule has 158 valence electrons. The van der Waals surface area contributed by atoms with Crippen LogP contribution in [0, 0.1) is 11.3 Å². The topological polar surface area (TPSA) is 74.6 Å². The van der Waals surface area contributed by atoms with E-state index in [1.54, 1.807) is 25.3 Å². The van der Waals surface area contributed by atoms with Gasteiger partial charge in [0, 0.05) is 36.9 Å². The largest absolute Gasteiger partial charge is 0.490 e. The van der Waals surface area contributed by atoms with Gasteiger partial charge in [-0.25, -0.2) is 0 Å². The second kappa shape index (κ2) is 8.86. The zero-order valence-corrected chi connectivity index (χ0v) is 18.3. The number of hydrogen-bond donors (Lipinski definition) is 1. The van der Waals surface area contributed by atoms with Crippen molar-refractivity contribution in [1.82, 2.24) is 4.90 Å².